The number of carbonyl (C=O) groups excluding carboxylic acids is 1. The van der Waals surface area contributed by atoms with Gasteiger partial charge in [-0.2, -0.15) is 0 Å². The van der Waals surface area contributed by atoms with Crippen LogP contribution in [0.4, 0.5) is 5.82 Å². The van der Waals surface area contributed by atoms with Gasteiger partial charge in [-0.05, 0) is 18.6 Å². The summed E-state index contributed by atoms with van der Waals surface area (Å²) < 4.78 is 1.45. The SMILES string of the molecule is Cc1cccn2c(=O)c(C=O)c(N3CC[NH+](C)CC3)nc12. The molecule has 0 atom stereocenters. The van der Waals surface area contributed by atoms with E-state index in [0.717, 1.165) is 31.7 Å². The van der Waals surface area contributed by atoms with Crippen LogP contribution in [0.5, 0.6) is 0 Å². The number of quaternary nitrogens is 1. The molecule has 110 valence electrons. The maximum Gasteiger partial charge on any atom is 0.270 e. The van der Waals surface area contributed by atoms with Crippen molar-refractivity contribution in [1.29, 1.82) is 0 Å². The van der Waals surface area contributed by atoms with Crippen molar-refractivity contribution in [3.63, 3.8) is 0 Å². The van der Waals surface area contributed by atoms with E-state index in [1.165, 1.54) is 9.30 Å². The highest BCUT2D eigenvalue weighted by Gasteiger charge is 2.23. The lowest BCUT2D eigenvalue weighted by Gasteiger charge is -2.31. The van der Waals surface area contributed by atoms with Crippen LogP contribution in [0.25, 0.3) is 5.65 Å². The lowest BCUT2D eigenvalue weighted by Crippen LogP contribution is -3.12. The monoisotopic (exact) mass is 287 g/mol. The van der Waals surface area contributed by atoms with E-state index in [-0.39, 0.29) is 11.1 Å². The third kappa shape index (κ3) is 2.31. The predicted octanol–water partition coefficient (Wildman–Crippen LogP) is -0.850. The quantitative estimate of drug-likeness (QED) is 0.731. The fourth-order valence-electron chi connectivity index (χ4n) is 2.74. The third-order valence-corrected chi connectivity index (χ3v) is 4.10. The normalized spacial score (nSPS) is 16.4. The van der Waals surface area contributed by atoms with E-state index < -0.39 is 0 Å². The topological polar surface area (TPSA) is 59.1 Å². The molecule has 1 N–H and O–H groups in total. The summed E-state index contributed by atoms with van der Waals surface area (Å²) in [5.74, 6) is 0.525. The maximum atomic E-state index is 12.5. The maximum absolute atomic E-state index is 12.5. The molecule has 1 saturated heterocycles. The fraction of sp³-hybridized carbons (Fsp3) is 0.400. The standard InChI is InChI=1S/C15H18N4O2/c1-11-4-3-5-19-13(11)16-14(12(10-20)15(19)21)18-8-6-17(2)7-9-18/h3-5,10H,6-9H2,1-2H3/p+1. The number of hydrogen-bond donors (Lipinski definition) is 1. The Labute approximate surface area is 122 Å². The lowest BCUT2D eigenvalue weighted by atomic mass is 10.2. The van der Waals surface area contributed by atoms with Crippen molar-refractivity contribution < 1.29 is 9.69 Å². The van der Waals surface area contributed by atoms with Gasteiger partial charge in [0.1, 0.15) is 17.0 Å². The Balaban J connectivity index is 2.19. The molecule has 6 nitrogen and oxygen atoms in total. The van der Waals surface area contributed by atoms with E-state index >= 15 is 0 Å². The van der Waals surface area contributed by atoms with Gasteiger partial charge >= 0.3 is 0 Å². The van der Waals surface area contributed by atoms with Crippen LogP contribution in [-0.2, 0) is 0 Å². The van der Waals surface area contributed by atoms with Crippen LogP contribution in [0.2, 0.25) is 0 Å². The number of fused-ring (bicyclic) bond motifs is 1. The van der Waals surface area contributed by atoms with Crippen molar-refractivity contribution in [2.75, 3.05) is 38.1 Å². The van der Waals surface area contributed by atoms with E-state index in [1.54, 1.807) is 12.3 Å². The summed E-state index contributed by atoms with van der Waals surface area (Å²) in [6.07, 6.45) is 2.28. The molecule has 0 amide bonds. The summed E-state index contributed by atoms with van der Waals surface area (Å²) in [5, 5.41) is 0. The predicted molar refractivity (Wildman–Crippen MR) is 80.4 cm³/mol. The summed E-state index contributed by atoms with van der Waals surface area (Å²) in [4.78, 5) is 32.0. The van der Waals surface area contributed by atoms with Crippen molar-refractivity contribution in [3.05, 3.63) is 39.8 Å². The number of nitrogens with one attached hydrogen (secondary N) is 1. The van der Waals surface area contributed by atoms with E-state index in [0.29, 0.717) is 17.8 Å². The molecule has 21 heavy (non-hydrogen) atoms. The van der Waals surface area contributed by atoms with Crippen LogP contribution in [-0.4, -0.2) is 48.9 Å². The number of pyridine rings is 1. The molecule has 1 fully saturated rings. The fourth-order valence-corrected chi connectivity index (χ4v) is 2.74. The second-order valence-electron chi connectivity index (χ2n) is 5.60. The highest BCUT2D eigenvalue weighted by molar-refractivity contribution is 5.83. The Hall–Kier alpha value is -2.21. The Morgan fingerprint density at radius 2 is 2.05 bits per heavy atom. The second kappa shape index (κ2) is 5.29. The Morgan fingerprint density at radius 1 is 1.33 bits per heavy atom. The number of rotatable bonds is 2. The van der Waals surface area contributed by atoms with Gasteiger partial charge in [-0.15, -0.1) is 0 Å². The van der Waals surface area contributed by atoms with E-state index in [9.17, 15) is 9.59 Å². The Morgan fingerprint density at radius 3 is 2.71 bits per heavy atom. The molecule has 3 heterocycles. The number of anilines is 1. The minimum absolute atomic E-state index is 0.151. The first-order valence-electron chi connectivity index (χ1n) is 7.15. The van der Waals surface area contributed by atoms with Gasteiger partial charge in [0.15, 0.2) is 6.29 Å². The summed E-state index contributed by atoms with van der Waals surface area (Å²) in [6.45, 7) is 5.49. The van der Waals surface area contributed by atoms with Gasteiger partial charge < -0.3 is 9.80 Å². The summed E-state index contributed by atoms with van der Waals surface area (Å²) in [6, 6.07) is 3.71. The Bertz CT molecular complexity index is 745. The molecule has 2 aromatic rings. The van der Waals surface area contributed by atoms with Crippen LogP contribution < -0.4 is 15.4 Å². The molecule has 0 spiro atoms. The average molecular weight is 287 g/mol. The number of hydrogen-bond acceptors (Lipinski definition) is 4. The molecule has 1 aliphatic heterocycles. The molecule has 0 unspecified atom stereocenters. The van der Waals surface area contributed by atoms with Crippen molar-refractivity contribution in [2.45, 2.75) is 6.92 Å². The summed E-state index contributed by atoms with van der Waals surface area (Å²) >= 11 is 0. The average Bonchev–Trinajstić information content (AvgIpc) is 2.49. The van der Waals surface area contributed by atoms with Gasteiger partial charge in [-0.25, -0.2) is 4.98 Å². The molecule has 6 heteroatoms. The van der Waals surface area contributed by atoms with Crippen molar-refractivity contribution in [1.82, 2.24) is 9.38 Å². The number of nitrogens with zero attached hydrogens (tertiary/aromatic N) is 3. The van der Waals surface area contributed by atoms with Gasteiger partial charge in [0, 0.05) is 6.20 Å². The number of aldehydes is 1. The van der Waals surface area contributed by atoms with Gasteiger partial charge in [0.2, 0.25) is 0 Å². The van der Waals surface area contributed by atoms with Gasteiger partial charge in [-0.1, -0.05) is 6.07 Å². The van der Waals surface area contributed by atoms with Crippen molar-refractivity contribution in [2.24, 2.45) is 0 Å². The van der Waals surface area contributed by atoms with Crippen LogP contribution >= 0.6 is 0 Å². The van der Waals surface area contributed by atoms with Gasteiger partial charge in [-0.3, -0.25) is 14.0 Å². The minimum Gasteiger partial charge on any atom is -0.344 e. The molecule has 0 bridgehead atoms. The zero-order valence-corrected chi connectivity index (χ0v) is 12.3. The van der Waals surface area contributed by atoms with Crippen LogP contribution in [0, 0.1) is 6.92 Å². The molecular weight excluding hydrogens is 268 g/mol. The smallest absolute Gasteiger partial charge is 0.270 e. The number of piperazine rings is 1. The van der Waals surface area contributed by atoms with Crippen LogP contribution in [0.1, 0.15) is 15.9 Å². The zero-order valence-electron chi connectivity index (χ0n) is 12.3. The minimum atomic E-state index is -0.292. The number of carbonyl (C=O) groups is 1. The summed E-state index contributed by atoms with van der Waals surface area (Å²) in [5.41, 5.74) is 1.40. The molecular formula is C15H19N4O2+. The highest BCUT2D eigenvalue weighted by atomic mass is 16.1. The molecule has 0 aromatic carbocycles. The highest BCUT2D eigenvalue weighted by Crippen LogP contribution is 2.16. The Kier molecular flexibility index (Phi) is 3.47. The van der Waals surface area contributed by atoms with Gasteiger partial charge in [0.05, 0.1) is 33.2 Å². The van der Waals surface area contributed by atoms with E-state index in [1.807, 2.05) is 17.9 Å². The number of aryl methyl sites for hydroxylation is 1. The second-order valence-corrected chi connectivity index (χ2v) is 5.60. The van der Waals surface area contributed by atoms with Crippen molar-refractivity contribution >= 4 is 17.8 Å². The molecule has 0 aliphatic carbocycles. The van der Waals surface area contributed by atoms with E-state index in [4.69, 9.17) is 0 Å². The number of aromatic nitrogens is 2. The molecule has 3 rings (SSSR count). The third-order valence-electron chi connectivity index (χ3n) is 4.10. The first-order chi connectivity index (χ1) is 10.1. The van der Waals surface area contributed by atoms with Crippen molar-refractivity contribution in [3.8, 4) is 0 Å². The summed E-state index contributed by atoms with van der Waals surface area (Å²) in [7, 11) is 2.14. The largest absolute Gasteiger partial charge is 0.344 e. The molecule has 2 aromatic heterocycles. The van der Waals surface area contributed by atoms with Gasteiger partial charge in [0.25, 0.3) is 5.56 Å². The number of likely N-dealkylation sites (N-methyl/N-ethyl adjacent to an activating group) is 1. The zero-order chi connectivity index (χ0) is 15.0. The van der Waals surface area contributed by atoms with E-state index in [2.05, 4.69) is 12.0 Å². The first kappa shape index (κ1) is 13.8. The van der Waals surface area contributed by atoms with Crippen LogP contribution in [0.15, 0.2) is 23.1 Å². The first-order valence-corrected chi connectivity index (χ1v) is 7.15. The molecule has 0 saturated carbocycles. The van der Waals surface area contributed by atoms with Crippen LogP contribution in [0.3, 0.4) is 0 Å². The molecule has 0 radical (unpaired) electrons. The lowest BCUT2D eigenvalue weighted by molar-refractivity contribution is -0.880. The molecule has 1 aliphatic rings.